The number of aryl methyl sites for hydroxylation is 1. The van der Waals surface area contributed by atoms with Crippen LogP contribution in [-0.2, 0) is 10.1 Å². The van der Waals surface area contributed by atoms with E-state index >= 15 is 0 Å². The van der Waals surface area contributed by atoms with Crippen LogP contribution in [0.15, 0.2) is 29.2 Å². The molecule has 1 aliphatic rings. The predicted octanol–water partition coefficient (Wildman–Crippen LogP) is 2.23. The molecule has 1 aliphatic heterocycles. The third-order valence-corrected chi connectivity index (χ3v) is 5.14. The van der Waals surface area contributed by atoms with Gasteiger partial charge in [0.2, 0.25) is 0 Å². The zero-order chi connectivity index (χ0) is 17.3. The summed E-state index contributed by atoms with van der Waals surface area (Å²) < 4.78 is 33.5. The maximum atomic E-state index is 10.5. The van der Waals surface area contributed by atoms with Gasteiger partial charge in [-0.15, -0.1) is 0 Å². The van der Waals surface area contributed by atoms with Crippen molar-refractivity contribution in [3.05, 3.63) is 29.8 Å². The fraction of sp³-hybridized carbons (Fsp3) is 0.500. The molecule has 1 heterocycles. The molecule has 7 heteroatoms. The van der Waals surface area contributed by atoms with Gasteiger partial charge in [-0.05, 0) is 28.9 Å². The summed E-state index contributed by atoms with van der Waals surface area (Å²) in [5.74, 6) is 3.11. The van der Waals surface area contributed by atoms with Crippen LogP contribution in [0.3, 0.4) is 0 Å². The Balaban J connectivity index is 0.000000231. The first-order chi connectivity index (χ1) is 10.8. The Bertz CT molecular complexity index is 641. The highest BCUT2D eigenvalue weighted by Crippen LogP contribution is 2.18. The van der Waals surface area contributed by atoms with Crippen molar-refractivity contribution < 1.29 is 22.6 Å². The number of aliphatic hydroxyl groups is 1. The Morgan fingerprint density at radius 2 is 1.78 bits per heavy atom. The molecule has 0 atom stereocenters. The summed E-state index contributed by atoms with van der Waals surface area (Å²) in [6.07, 6.45) is 2.59. The number of likely N-dealkylation sites (tertiary alicyclic amines) is 1. The number of quaternary nitrogens is 1. The van der Waals surface area contributed by atoms with Crippen LogP contribution in [0.1, 0.15) is 18.4 Å². The standard InChI is InChI=1S/C9H15INO.C7H8O3S/c10-4-3-7-11(8-9-12)5-1-2-6-11;1-6-2-4-7(5-3-6)11(8,9)10/h12H,1-2,5-9H2;2-5H,1H3,(H,8,9,10)/q+1;. The second-order valence-corrected chi connectivity index (χ2v) is 7.62. The third kappa shape index (κ3) is 7.18. The molecule has 0 bridgehead atoms. The van der Waals surface area contributed by atoms with Gasteiger partial charge in [0.1, 0.15) is 13.1 Å². The SMILES string of the molecule is Cc1ccc(S(=O)(=O)O)cc1.OCC[N+]1(CC#CI)CCCC1. The van der Waals surface area contributed by atoms with Gasteiger partial charge < -0.3 is 9.59 Å². The minimum Gasteiger partial charge on any atom is -0.391 e. The molecule has 0 spiro atoms. The second kappa shape index (κ2) is 9.59. The van der Waals surface area contributed by atoms with Gasteiger partial charge in [-0.1, -0.05) is 17.7 Å². The number of hydrogen-bond donors (Lipinski definition) is 2. The van der Waals surface area contributed by atoms with E-state index in [0.717, 1.165) is 23.1 Å². The van der Waals surface area contributed by atoms with Crippen LogP contribution in [0, 0.1) is 16.8 Å². The summed E-state index contributed by atoms with van der Waals surface area (Å²) >= 11 is 2.08. The highest BCUT2D eigenvalue weighted by molar-refractivity contribution is 14.1. The number of nitrogens with zero attached hydrogens (tertiary/aromatic N) is 1. The molecule has 1 saturated heterocycles. The van der Waals surface area contributed by atoms with E-state index in [1.807, 2.05) is 6.92 Å². The molecule has 23 heavy (non-hydrogen) atoms. The summed E-state index contributed by atoms with van der Waals surface area (Å²) in [7, 11) is -4.02. The van der Waals surface area contributed by atoms with E-state index in [-0.39, 0.29) is 4.90 Å². The van der Waals surface area contributed by atoms with E-state index < -0.39 is 10.1 Å². The second-order valence-electron chi connectivity index (χ2n) is 5.66. The van der Waals surface area contributed by atoms with Crippen molar-refractivity contribution in [1.29, 1.82) is 0 Å². The van der Waals surface area contributed by atoms with Crippen LogP contribution < -0.4 is 0 Å². The van der Waals surface area contributed by atoms with Crippen molar-refractivity contribution in [1.82, 2.24) is 0 Å². The predicted molar refractivity (Wildman–Crippen MR) is 98.8 cm³/mol. The van der Waals surface area contributed by atoms with Crippen molar-refractivity contribution in [3.8, 4) is 9.85 Å². The smallest absolute Gasteiger partial charge is 0.294 e. The lowest BCUT2D eigenvalue weighted by Crippen LogP contribution is -2.47. The zero-order valence-electron chi connectivity index (χ0n) is 13.2. The number of halogens is 1. The normalized spacial score (nSPS) is 16.0. The first-order valence-electron chi connectivity index (χ1n) is 7.42. The van der Waals surface area contributed by atoms with Crippen LogP contribution >= 0.6 is 22.6 Å². The van der Waals surface area contributed by atoms with E-state index in [9.17, 15) is 8.42 Å². The van der Waals surface area contributed by atoms with Crippen molar-refractivity contribution in [2.75, 3.05) is 32.8 Å². The van der Waals surface area contributed by atoms with Crippen molar-refractivity contribution >= 4 is 32.7 Å². The monoisotopic (exact) mass is 452 g/mol. The van der Waals surface area contributed by atoms with Crippen molar-refractivity contribution in [2.24, 2.45) is 0 Å². The highest BCUT2D eigenvalue weighted by atomic mass is 127. The Labute approximate surface area is 152 Å². The van der Waals surface area contributed by atoms with E-state index in [1.54, 1.807) is 12.1 Å². The molecule has 128 valence electrons. The lowest BCUT2D eigenvalue weighted by molar-refractivity contribution is -0.910. The summed E-state index contributed by atoms with van der Waals surface area (Å²) in [6.45, 7) is 6.34. The Hall–Kier alpha value is -0.660. The zero-order valence-corrected chi connectivity index (χ0v) is 16.2. The van der Waals surface area contributed by atoms with Gasteiger partial charge in [-0.2, -0.15) is 8.42 Å². The summed E-state index contributed by atoms with van der Waals surface area (Å²) in [5, 5.41) is 8.93. The van der Waals surface area contributed by atoms with Crippen molar-refractivity contribution in [3.63, 3.8) is 0 Å². The summed E-state index contributed by atoms with van der Waals surface area (Å²) in [6, 6.07) is 5.99. The molecule has 0 amide bonds. The first kappa shape index (κ1) is 20.4. The van der Waals surface area contributed by atoms with Gasteiger partial charge in [0.05, 0.1) is 24.6 Å². The molecule has 1 aromatic carbocycles. The highest BCUT2D eigenvalue weighted by Gasteiger charge is 2.30. The molecule has 0 aliphatic carbocycles. The average Bonchev–Trinajstić information content (AvgIpc) is 2.95. The lowest BCUT2D eigenvalue weighted by Gasteiger charge is -2.31. The van der Waals surface area contributed by atoms with Crippen LogP contribution in [0.5, 0.6) is 0 Å². The van der Waals surface area contributed by atoms with Gasteiger partial charge in [0, 0.05) is 35.4 Å². The molecule has 2 N–H and O–H groups in total. The molecule has 0 aromatic heterocycles. The number of hydrogen-bond acceptors (Lipinski definition) is 3. The topological polar surface area (TPSA) is 74.6 Å². The van der Waals surface area contributed by atoms with E-state index in [1.165, 1.54) is 38.1 Å². The number of aliphatic hydroxyl groups excluding tert-OH is 1. The largest absolute Gasteiger partial charge is 0.391 e. The van der Waals surface area contributed by atoms with Gasteiger partial charge >= 0.3 is 0 Å². The average molecular weight is 452 g/mol. The maximum Gasteiger partial charge on any atom is 0.294 e. The molecule has 0 unspecified atom stereocenters. The number of benzene rings is 1. The third-order valence-electron chi connectivity index (χ3n) is 3.89. The van der Waals surface area contributed by atoms with E-state index in [4.69, 9.17) is 9.66 Å². The Kier molecular flexibility index (Phi) is 8.50. The minimum atomic E-state index is -4.02. The molecule has 0 saturated carbocycles. The van der Waals surface area contributed by atoms with Crippen LogP contribution in [0.25, 0.3) is 0 Å². The van der Waals surface area contributed by atoms with Gasteiger partial charge in [-0.3, -0.25) is 4.55 Å². The molecule has 2 rings (SSSR count). The Morgan fingerprint density at radius 3 is 2.22 bits per heavy atom. The molecular formula is C16H23INO4S+. The van der Waals surface area contributed by atoms with Gasteiger partial charge in [-0.25, -0.2) is 0 Å². The van der Waals surface area contributed by atoms with E-state index in [0.29, 0.717) is 6.61 Å². The molecule has 5 nitrogen and oxygen atoms in total. The fourth-order valence-electron chi connectivity index (χ4n) is 2.59. The van der Waals surface area contributed by atoms with Crippen molar-refractivity contribution in [2.45, 2.75) is 24.7 Å². The summed E-state index contributed by atoms with van der Waals surface area (Å²) in [4.78, 5) is -0.0666. The van der Waals surface area contributed by atoms with Crippen LogP contribution in [-0.4, -0.2) is 55.3 Å². The molecule has 1 fully saturated rings. The minimum absolute atomic E-state index is 0.0666. The van der Waals surface area contributed by atoms with E-state index in [2.05, 4.69) is 32.4 Å². The van der Waals surface area contributed by atoms with Crippen LogP contribution in [0.2, 0.25) is 0 Å². The lowest BCUT2D eigenvalue weighted by atomic mass is 10.2. The maximum absolute atomic E-state index is 10.5. The molecule has 1 aromatic rings. The molecule has 0 radical (unpaired) electrons. The summed E-state index contributed by atoms with van der Waals surface area (Å²) in [5.41, 5.74) is 0.956. The van der Waals surface area contributed by atoms with Gasteiger partial charge in [0.15, 0.2) is 0 Å². The fourth-order valence-corrected chi connectivity index (χ4v) is 3.24. The number of rotatable bonds is 4. The first-order valence-corrected chi connectivity index (χ1v) is 9.93. The van der Waals surface area contributed by atoms with Crippen LogP contribution in [0.4, 0.5) is 0 Å². The quantitative estimate of drug-likeness (QED) is 0.318. The Morgan fingerprint density at radius 1 is 1.22 bits per heavy atom. The molecular weight excluding hydrogens is 429 g/mol. The van der Waals surface area contributed by atoms with Gasteiger partial charge in [0.25, 0.3) is 10.1 Å².